The van der Waals surface area contributed by atoms with E-state index in [-0.39, 0.29) is 17.8 Å². The van der Waals surface area contributed by atoms with Crippen LogP contribution in [0.25, 0.3) is 20.8 Å². The number of thiophene rings is 1. The van der Waals surface area contributed by atoms with Crippen LogP contribution in [0.3, 0.4) is 0 Å². The summed E-state index contributed by atoms with van der Waals surface area (Å²) in [7, 11) is 0. The third kappa shape index (κ3) is 11.0. The summed E-state index contributed by atoms with van der Waals surface area (Å²) >= 11 is 1.51. The van der Waals surface area contributed by atoms with Crippen molar-refractivity contribution >= 4 is 33.3 Å². The second kappa shape index (κ2) is 18.1. The average molecular weight is 665 g/mol. The van der Waals surface area contributed by atoms with Crippen LogP contribution < -0.4 is 15.4 Å². The molecule has 4 aromatic rings. The van der Waals surface area contributed by atoms with Crippen LogP contribution in [0, 0.1) is 11.7 Å². The van der Waals surface area contributed by atoms with Crippen molar-refractivity contribution in [1.82, 2.24) is 15.3 Å². The molecule has 47 heavy (non-hydrogen) atoms. The quantitative estimate of drug-likeness (QED) is 0.0915. The second-order valence-corrected chi connectivity index (χ2v) is 12.8. The fourth-order valence-electron chi connectivity index (χ4n) is 5.12. The lowest BCUT2D eigenvalue weighted by molar-refractivity contribution is 0.0136. The van der Waals surface area contributed by atoms with Crippen molar-refractivity contribution in [1.29, 1.82) is 0 Å². The number of pyridine rings is 2. The summed E-state index contributed by atoms with van der Waals surface area (Å²) in [5.74, 6) is 0.572. The summed E-state index contributed by atoms with van der Waals surface area (Å²) in [6.07, 6.45) is 10.8. The van der Waals surface area contributed by atoms with Gasteiger partial charge in [0.1, 0.15) is 5.75 Å². The molecular weight excluding hydrogens is 619 g/mol. The van der Waals surface area contributed by atoms with E-state index in [1.807, 2.05) is 12.3 Å². The number of hydrogen-bond donors (Lipinski definition) is 2. The number of amides is 2. The number of anilines is 1. The van der Waals surface area contributed by atoms with Gasteiger partial charge in [0.2, 0.25) is 0 Å². The molecule has 0 spiro atoms. The molecule has 3 aromatic heterocycles. The van der Waals surface area contributed by atoms with Crippen LogP contribution in [0.4, 0.5) is 14.9 Å². The molecule has 1 aliphatic rings. The second-order valence-electron chi connectivity index (χ2n) is 11.8. The van der Waals surface area contributed by atoms with Crippen molar-refractivity contribution in [2.24, 2.45) is 5.92 Å². The first kappa shape index (κ1) is 34.7. The Morgan fingerprint density at radius 2 is 1.74 bits per heavy atom. The van der Waals surface area contributed by atoms with Gasteiger partial charge in [-0.2, -0.15) is 0 Å². The summed E-state index contributed by atoms with van der Waals surface area (Å²) < 4.78 is 38.4. The number of carbonyl (C=O) groups excluding carboxylic acids is 1. The fraction of sp³-hybridized carbons (Fsp3) is 0.472. The Bertz CT molecular complexity index is 1560. The Morgan fingerprint density at radius 3 is 2.45 bits per heavy atom. The van der Waals surface area contributed by atoms with Gasteiger partial charge in [-0.15, -0.1) is 11.3 Å². The highest BCUT2D eigenvalue weighted by Crippen LogP contribution is 2.39. The van der Waals surface area contributed by atoms with Gasteiger partial charge in [-0.1, -0.05) is 26.3 Å². The largest absolute Gasteiger partial charge is 0.453 e. The Labute approximate surface area is 280 Å². The highest BCUT2D eigenvalue weighted by molar-refractivity contribution is 7.22. The zero-order valence-corrected chi connectivity index (χ0v) is 28.1. The third-order valence-electron chi connectivity index (χ3n) is 7.87. The van der Waals surface area contributed by atoms with Crippen molar-refractivity contribution in [2.45, 2.75) is 64.8 Å². The third-order valence-corrected chi connectivity index (χ3v) is 9.03. The number of hydrogen-bond acceptors (Lipinski definition) is 8. The van der Waals surface area contributed by atoms with Gasteiger partial charge < -0.3 is 29.6 Å². The molecule has 0 aliphatic heterocycles. The van der Waals surface area contributed by atoms with E-state index in [9.17, 15) is 9.18 Å². The number of urea groups is 1. The molecule has 252 valence electrons. The smallest absolute Gasteiger partial charge is 0.319 e. The predicted octanol–water partition coefficient (Wildman–Crippen LogP) is 8.38. The minimum Gasteiger partial charge on any atom is -0.453 e. The van der Waals surface area contributed by atoms with Gasteiger partial charge >= 0.3 is 6.03 Å². The van der Waals surface area contributed by atoms with E-state index in [2.05, 4.69) is 41.6 Å². The van der Waals surface area contributed by atoms with Crippen LogP contribution >= 0.6 is 11.3 Å². The van der Waals surface area contributed by atoms with E-state index >= 15 is 0 Å². The summed E-state index contributed by atoms with van der Waals surface area (Å²) in [6, 6.07) is 12.2. The lowest BCUT2D eigenvalue weighted by Crippen LogP contribution is -2.30. The van der Waals surface area contributed by atoms with E-state index < -0.39 is 5.82 Å². The van der Waals surface area contributed by atoms with Crippen LogP contribution in [-0.2, 0) is 20.6 Å². The number of rotatable bonds is 20. The van der Waals surface area contributed by atoms with E-state index in [4.69, 9.17) is 23.9 Å². The Morgan fingerprint density at radius 1 is 0.957 bits per heavy atom. The molecule has 1 unspecified atom stereocenters. The van der Waals surface area contributed by atoms with Crippen molar-refractivity contribution in [2.75, 3.05) is 45.0 Å². The molecule has 2 N–H and O–H groups in total. The number of carbonyl (C=O) groups is 1. The van der Waals surface area contributed by atoms with Crippen molar-refractivity contribution in [3.8, 4) is 22.1 Å². The first-order valence-corrected chi connectivity index (χ1v) is 17.5. The molecule has 5 rings (SSSR count). The molecule has 0 radical (unpaired) electrons. The molecule has 1 atom stereocenters. The SMILES string of the molecule is CCCOCCOCCOCCCC(CC)Cc1ccc(-c2cc3nccc(Oc4ccc(NC(=O)NC5CC5)cc4F)c3s2)nc1. The maximum atomic E-state index is 14.9. The number of ether oxygens (including phenoxy) is 4. The topological polar surface area (TPSA) is 104 Å². The zero-order chi connectivity index (χ0) is 32.8. The molecule has 1 aliphatic carbocycles. The van der Waals surface area contributed by atoms with E-state index in [0.717, 1.165) is 78.9 Å². The minimum atomic E-state index is -0.569. The van der Waals surface area contributed by atoms with Gasteiger partial charge in [0, 0.05) is 49.5 Å². The summed E-state index contributed by atoms with van der Waals surface area (Å²) in [5.41, 5.74) is 3.18. The maximum Gasteiger partial charge on any atom is 0.319 e. The minimum absolute atomic E-state index is 0.0674. The van der Waals surface area contributed by atoms with Crippen LogP contribution in [0.2, 0.25) is 0 Å². The molecule has 0 saturated heterocycles. The zero-order valence-electron chi connectivity index (χ0n) is 27.3. The highest BCUT2D eigenvalue weighted by Gasteiger charge is 2.23. The van der Waals surface area contributed by atoms with Gasteiger partial charge in [-0.3, -0.25) is 9.97 Å². The average Bonchev–Trinajstić information content (AvgIpc) is 3.77. The molecule has 1 fully saturated rings. The molecule has 2 amide bonds. The van der Waals surface area contributed by atoms with Gasteiger partial charge in [-0.25, -0.2) is 9.18 Å². The van der Waals surface area contributed by atoms with Crippen LogP contribution in [0.15, 0.2) is 54.9 Å². The number of nitrogens with one attached hydrogen (secondary N) is 2. The first-order chi connectivity index (χ1) is 23.0. The van der Waals surface area contributed by atoms with Crippen molar-refractivity contribution in [3.05, 3.63) is 66.2 Å². The summed E-state index contributed by atoms with van der Waals surface area (Å²) in [4.78, 5) is 22.2. The van der Waals surface area contributed by atoms with Gasteiger partial charge in [-0.05, 0) is 74.3 Å². The number of nitrogens with zero attached hydrogens (tertiary/aromatic N) is 2. The predicted molar refractivity (Wildman–Crippen MR) is 184 cm³/mol. The Balaban J connectivity index is 1.10. The van der Waals surface area contributed by atoms with Crippen LogP contribution in [0.5, 0.6) is 11.5 Å². The van der Waals surface area contributed by atoms with Crippen molar-refractivity contribution < 1.29 is 28.1 Å². The van der Waals surface area contributed by atoms with Gasteiger partial charge in [0.15, 0.2) is 11.6 Å². The molecule has 9 nitrogen and oxygen atoms in total. The van der Waals surface area contributed by atoms with Gasteiger partial charge in [0.05, 0.1) is 47.2 Å². The highest BCUT2D eigenvalue weighted by atomic mass is 32.1. The van der Waals surface area contributed by atoms with Gasteiger partial charge in [0.25, 0.3) is 0 Å². The number of fused-ring (bicyclic) bond motifs is 1. The standard InChI is InChI=1S/C36H45FN4O5S/c1-3-15-43-17-19-45-20-18-44-16-5-6-25(4-2)21-26-7-11-30(39-24-26)34-23-31-35(47-34)33(13-14-38-31)46-32-12-10-28(22-29(32)37)41-36(42)40-27-8-9-27/h7,10-14,22-25,27H,3-6,8-9,15-21H2,1-2H3,(H2,40,41,42). The van der Waals surface area contributed by atoms with E-state index in [0.29, 0.717) is 43.8 Å². The molecule has 0 bridgehead atoms. The molecule has 1 aromatic carbocycles. The van der Waals surface area contributed by atoms with Crippen LogP contribution in [0.1, 0.15) is 57.9 Å². The van der Waals surface area contributed by atoms with E-state index in [1.165, 1.54) is 29.0 Å². The summed E-state index contributed by atoms with van der Waals surface area (Å²) in [6.45, 7) is 8.31. The maximum absolute atomic E-state index is 14.9. The summed E-state index contributed by atoms with van der Waals surface area (Å²) in [5, 5.41) is 5.49. The first-order valence-electron chi connectivity index (χ1n) is 16.6. The van der Waals surface area contributed by atoms with E-state index in [1.54, 1.807) is 18.3 Å². The number of halogens is 1. The Hall–Kier alpha value is -3.64. The number of benzene rings is 1. The van der Waals surface area contributed by atoms with Crippen LogP contribution in [-0.4, -0.2) is 61.7 Å². The molecular formula is C36H45FN4O5S. The normalized spacial score (nSPS) is 13.5. The number of aromatic nitrogens is 2. The molecule has 11 heteroatoms. The Kier molecular flexibility index (Phi) is 13.3. The molecule has 1 saturated carbocycles. The fourth-order valence-corrected chi connectivity index (χ4v) is 6.16. The lowest BCUT2D eigenvalue weighted by atomic mass is 9.93. The lowest BCUT2D eigenvalue weighted by Gasteiger charge is -2.15. The van der Waals surface area contributed by atoms with Crippen molar-refractivity contribution in [3.63, 3.8) is 0 Å². The molecule has 3 heterocycles. The monoisotopic (exact) mass is 664 g/mol.